The van der Waals surface area contributed by atoms with E-state index in [9.17, 15) is 14.4 Å². The Kier molecular flexibility index (Phi) is 9.06. The normalized spacial score (nSPS) is 14.7. The minimum Gasteiger partial charge on any atom is -0.465 e. The summed E-state index contributed by atoms with van der Waals surface area (Å²) in [6.07, 6.45) is 7.95. The molecule has 1 aromatic carbocycles. The fraction of sp³-hybridized carbons (Fsp3) is 0.393. The Morgan fingerprint density at radius 3 is 2.45 bits per heavy atom. The molecule has 3 aromatic rings. The van der Waals surface area contributed by atoms with Gasteiger partial charge in [0.1, 0.15) is 11.5 Å². The molecule has 3 heterocycles. The van der Waals surface area contributed by atoms with E-state index in [-0.39, 0.29) is 24.5 Å². The number of rotatable bonds is 12. The van der Waals surface area contributed by atoms with Gasteiger partial charge in [-0.1, -0.05) is 38.8 Å². The molecule has 10 heteroatoms. The Balaban J connectivity index is 1.70. The second kappa shape index (κ2) is 12.6. The van der Waals surface area contributed by atoms with E-state index in [2.05, 4.69) is 21.5 Å². The van der Waals surface area contributed by atoms with Gasteiger partial charge < -0.3 is 9.30 Å². The maximum Gasteiger partial charge on any atom is 0.337 e. The van der Waals surface area contributed by atoms with Gasteiger partial charge in [-0.2, -0.15) is 0 Å². The number of nitrogens with zero attached hydrogens (tertiary/aromatic N) is 5. The fourth-order valence-corrected chi connectivity index (χ4v) is 4.87. The van der Waals surface area contributed by atoms with Gasteiger partial charge in [-0.05, 0) is 36.6 Å². The Morgan fingerprint density at radius 1 is 1.03 bits per heavy atom. The molecule has 1 aliphatic heterocycles. The molecule has 9 nitrogen and oxygen atoms in total. The number of thiazole rings is 1. The Bertz CT molecular complexity index is 1300. The number of hydrogen-bond donors (Lipinski definition) is 0. The van der Waals surface area contributed by atoms with Crippen LogP contribution in [0.2, 0.25) is 0 Å². The summed E-state index contributed by atoms with van der Waals surface area (Å²) < 4.78 is 6.88. The molecule has 1 aliphatic rings. The van der Waals surface area contributed by atoms with E-state index < -0.39 is 0 Å². The molecular formula is C28H33N5O4S. The molecule has 3 amide bonds. The summed E-state index contributed by atoms with van der Waals surface area (Å²) in [4.78, 5) is 50.4. The third-order valence-electron chi connectivity index (χ3n) is 6.48. The lowest BCUT2D eigenvalue weighted by Gasteiger charge is -2.16. The predicted octanol–water partition coefficient (Wildman–Crippen LogP) is 5.12. The molecule has 1 saturated heterocycles. The Hall–Kier alpha value is -3.79. The maximum absolute atomic E-state index is 13.4. The Labute approximate surface area is 226 Å². The summed E-state index contributed by atoms with van der Waals surface area (Å²) in [5, 5.41) is 1.88. The number of aromatic nitrogens is 3. The molecule has 0 radical (unpaired) electrons. The van der Waals surface area contributed by atoms with Crippen molar-refractivity contribution in [3.63, 3.8) is 0 Å². The maximum atomic E-state index is 13.4. The summed E-state index contributed by atoms with van der Waals surface area (Å²) in [7, 11) is 1.36. The second-order valence-electron chi connectivity index (χ2n) is 9.17. The number of ether oxygens (including phenoxy) is 1. The average molecular weight is 536 g/mol. The zero-order valence-electron chi connectivity index (χ0n) is 22.1. The molecule has 4 rings (SSSR count). The molecule has 0 atom stereocenters. The molecule has 38 heavy (non-hydrogen) atoms. The number of esters is 1. The van der Waals surface area contributed by atoms with Crippen LogP contribution >= 0.6 is 11.3 Å². The quantitative estimate of drug-likeness (QED) is 0.181. The van der Waals surface area contributed by atoms with Gasteiger partial charge in [-0.15, -0.1) is 11.3 Å². The van der Waals surface area contributed by atoms with Gasteiger partial charge in [0.25, 0.3) is 5.91 Å². The molecule has 1 fully saturated rings. The van der Waals surface area contributed by atoms with Gasteiger partial charge in [0.05, 0.1) is 42.3 Å². The lowest BCUT2D eigenvalue weighted by molar-refractivity contribution is -0.123. The molecule has 0 N–H and O–H groups in total. The Morgan fingerprint density at radius 2 is 1.79 bits per heavy atom. The fourth-order valence-electron chi connectivity index (χ4n) is 4.32. The van der Waals surface area contributed by atoms with E-state index in [0.717, 1.165) is 54.9 Å². The first-order chi connectivity index (χ1) is 18.5. The van der Waals surface area contributed by atoms with E-state index in [1.54, 1.807) is 29.9 Å². The largest absolute Gasteiger partial charge is 0.465 e. The van der Waals surface area contributed by atoms with Gasteiger partial charge in [0, 0.05) is 24.9 Å². The van der Waals surface area contributed by atoms with Crippen molar-refractivity contribution < 1.29 is 19.1 Å². The zero-order valence-corrected chi connectivity index (χ0v) is 22.9. The van der Waals surface area contributed by atoms with Crippen LogP contribution < -0.4 is 0 Å². The van der Waals surface area contributed by atoms with Crippen LogP contribution in [-0.4, -0.2) is 55.9 Å². The number of amides is 3. The molecule has 0 bridgehead atoms. The second-order valence-corrected chi connectivity index (χ2v) is 9.88. The van der Waals surface area contributed by atoms with Crippen molar-refractivity contribution in [2.45, 2.75) is 59.0 Å². The first kappa shape index (κ1) is 27.3. The number of methoxy groups -OCH3 is 1. The van der Waals surface area contributed by atoms with Crippen molar-refractivity contribution in [1.29, 1.82) is 0 Å². The number of carbonyl (C=O) groups is 3. The number of imidazole rings is 1. The lowest BCUT2D eigenvalue weighted by atomic mass is 10.1. The molecule has 0 spiro atoms. The summed E-state index contributed by atoms with van der Waals surface area (Å²) >= 11 is 1.45. The number of aryl methyl sites for hydroxylation is 1. The first-order valence-electron chi connectivity index (χ1n) is 12.9. The summed E-state index contributed by atoms with van der Waals surface area (Å²) in [5.41, 5.74) is 4.98. The van der Waals surface area contributed by atoms with Crippen LogP contribution in [0, 0.1) is 0 Å². The van der Waals surface area contributed by atoms with Gasteiger partial charge in [-0.25, -0.2) is 19.6 Å². The van der Waals surface area contributed by atoms with Gasteiger partial charge in [0.15, 0.2) is 0 Å². The summed E-state index contributed by atoms with van der Waals surface area (Å²) in [6.45, 7) is 5.28. The van der Waals surface area contributed by atoms with Gasteiger partial charge >= 0.3 is 12.0 Å². The third-order valence-corrected chi connectivity index (χ3v) is 7.11. The average Bonchev–Trinajstić information content (AvgIpc) is 3.63. The van der Waals surface area contributed by atoms with Crippen LogP contribution in [0.1, 0.15) is 72.7 Å². The summed E-state index contributed by atoms with van der Waals surface area (Å²) in [6, 6.07) is 6.93. The molecule has 200 valence electrons. The highest BCUT2D eigenvalue weighted by atomic mass is 32.1. The van der Waals surface area contributed by atoms with E-state index in [1.165, 1.54) is 28.2 Å². The highest BCUT2D eigenvalue weighted by Crippen LogP contribution is 2.27. The van der Waals surface area contributed by atoms with Crippen LogP contribution in [0.4, 0.5) is 4.79 Å². The highest BCUT2D eigenvalue weighted by Gasteiger charge is 2.41. The van der Waals surface area contributed by atoms with Crippen LogP contribution in [0.25, 0.3) is 6.08 Å². The SMILES string of the molecule is CCCCc1ncc(/C=C2/C(=O)N(CCCC)C(=O)N2Cc2cscn2)n1Cc1ccc(C(=O)OC)cc1. The number of carbonyl (C=O) groups excluding carboxylic acids is 3. The van der Waals surface area contributed by atoms with Crippen molar-refractivity contribution in [3.8, 4) is 0 Å². The van der Waals surface area contributed by atoms with E-state index >= 15 is 0 Å². The van der Waals surface area contributed by atoms with Crippen molar-refractivity contribution >= 4 is 35.3 Å². The van der Waals surface area contributed by atoms with E-state index in [4.69, 9.17) is 4.74 Å². The topological polar surface area (TPSA) is 97.6 Å². The highest BCUT2D eigenvalue weighted by molar-refractivity contribution is 7.07. The lowest BCUT2D eigenvalue weighted by Crippen LogP contribution is -2.33. The van der Waals surface area contributed by atoms with Gasteiger partial charge in [0.2, 0.25) is 0 Å². The van der Waals surface area contributed by atoms with Crippen molar-refractivity contribution in [2.24, 2.45) is 0 Å². The van der Waals surface area contributed by atoms with Crippen LogP contribution in [0.5, 0.6) is 0 Å². The van der Waals surface area contributed by atoms with Crippen LogP contribution in [0.15, 0.2) is 47.0 Å². The molecule has 0 saturated carbocycles. The third kappa shape index (κ3) is 6.02. The first-order valence-corrected chi connectivity index (χ1v) is 13.8. The van der Waals surface area contributed by atoms with Crippen molar-refractivity contribution in [2.75, 3.05) is 13.7 Å². The van der Waals surface area contributed by atoms with E-state index in [1.807, 2.05) is 24.4 Å². The standard InChI is InChI=1S/C28H33N5O4S/c1-4-6-8-25-29-15-23(32(25)16-20-9-11-21(12-10-20)27(35)37-3)14-24-26(34)31(13-7-5-2)28(36)33(24)17-22-18-38-19-30-22/h9-12,14-15,18-19H,4-8,13,16-17H2,1-3H3/b24-14-. The summed E-state index contributed by atoms with van der Waals surface area (Å²) in [5.74, 6) is 0.218. The monoisotopic (exact) mass is 535 g/mol. The smallest absolute Gasteiger partial charge is 0.337 e. The number of benzene rings is 1. The minimum absolute atomic E-state index is 0.231. The molecule has 0 aliphatic carbocycles. The zero-order chi connectivity index (χ0) is 27.1. The molecule has 0 unspecified atom stereocenters. The van der Waals surface area contributed by atoms with E-state index in [0.29, 0.717) is 24.4 Å². The number of hydrogen-bond acceptors (Lipinski definition) is 7. The number of unbranched alkanes of at least 4 members (excludes halogenated alkanes) is 2. The molecule has 2 aromatic heterocycles. The van der Waals surface area contributed by atoms with Crippen molar-refractivity contribution in [3.05, 3.63) is 75.4 Å². The number of urea groups is 1. The van der Waals surface area contributed by atoms with Crippen molar-refractivity contribution in [1.82, 2.24) is 24.3 Å². The number of imide groups is 1. The molecular weight excluding hydrogens is 502 g/mol. The van der Waals surface area contributed by atoms with Crippen LogP contribution in [-0.2, 0) is 29.0 Å². The van der Waals surface area contributed by atoms with Gasteiger partial charge in [-0.3, -0.25) is 14.6 Å². The van der Waals surface area contributed by atoms with Crippen LogP contribution in [0.3, 0.4) is 0 Å². The minimum atomic E-state index is -0.384. The predicted molar refractivity (Wildman–Crippen MR) is 145 cm³/mol.